The second kappa shape index (κ2) is 7.67. The van der Waals surface area contributed by atoms with Gasteiger partial charge in [0.15, 0.2) is 0 Å². The van der Waals surface area contributed by atoms with Gasteiger partial charge in [-0.15, -0.1) is 0 Å². The van der Waals surface area contributed by atoms with Crippen LogP contribution in [0.4, 0.5) is 13.2 Å². The number of aromatic nitrogens is 2. The molecule has 0 amide bonds. The zero-order valence-electron chi connectivity index (χ0n) is 15.0. The molecule has 0 radical (unpaired) electrons. The lowest BCUT2D eigenvalue weighted by molar-refractivity contribution is -0.138. The Morgan fingerprint density at radius 3 is 2.46 bits per heavy atom. The van der Waals surface area contributed by atoms with Crippen LogP contribution in [0, 0.1) is 13.8 Å². The van der Waals surface area contributed by atoms with Crippen molar-refractivity contribution in [2.75, 3.05) is 0 Å². The minimum Gasteiger partial charge on any atom is -0.473 e. The van der Waals surface area contributed by atoms with Crippen LogP contribution in [0.3, 0.4) is 0 Å². The summed E-state index contributed by atoms with van der Waals surface area (Å²) < 4.78 is 44.5. The molecule has 0 atom stereocenters. The van der Waals surface area contributed by atoms with E-state index < -0.39 is 11.7 Å². The highest BCUT2D eigenvalue weighted by Crippen LogP contribution is 2.32. The van der Waals surface area contributed by atoms with Crippen molar-refractivity contribution >= 4 is 11.6 Å². The van der Waals surface area contributed by atoms with Gasteiger partial charge in [-0.2, -0.15) is 13.2 Å². The lowest BCUT2D eigenvalue weighted by atomic mass is 10.1. The van der Waals surface area contributed by atoms with E-state index in [1.807, 2.05) is 0 Å². The predicted molar refractivity (Wildman–Crippen MR) is 101 cm³/mol. The summed E-state index contributed by atoms with van der Waals surface area (Å²) in [6.07, 6.45) is -3.03. The number of halogens is 4. The van der Waals surface area contributed by atoms with E-state index in [1.165, 1.54) is 30.5 Å². The summed E-state index contributed by atoms with van der Waals surface area (Å²) in [5, 5.41) is 0.102. The second-order valence-corrected chi connectivity index (χ2v) is 6.60. The third kappa shape index (κ3) is 4.04. The summed E-state index contributed by atoms with van der Waals surface area (Å²) in [7, 11) is 0. The van der Waals surface area contributed by atoms with Gasteiger partial charge >= 0.3 is 6.18 Å². The van der Waals surface area contributed by atoms with E-state index in [0.29, 0.717) is 22.5 Å². The van der Waals surface area contributed by atoms with Gasteiger partial charge in [0.1, 0.15) is 11.6 Å². The van der Waals surface area contributed by atoms with Crippen LogP contribution in [-0.4, -0.2) is 9.97 Å². The summed E-state index contributed by atoms with van der Waals surface area (Å²) in [6.45, 7) is 3.17. The molecule has 28 heavy (non-hydrogen) atoms. The lowest BCUT2D eigenvalue weighted by Crippen LogP contribution is -2.12. The molecular formula is C20H16ClF3N2O2. The Balaban J connectivity index is 1.82. The third-order valence-electron chi connectivity index (χ3n) is 4.23. The highest BCUT2D eigenvalue weighted by Gasteiger charge is 2.33. The average molecular weight is 409 g/mol. The first kappa shape index (κ1) is 19.9. The van der Waals surface area contributed by atoms with Gasteiger partial charge in [-0.25, -0.2) is 4.98 Å². The van der Waals surface area contributed by atoms with Gasteiger partial charge in [0, 0.05) is 34.8 Å². The summed E-state index contributed by atoms with van der Waals surface area (Å²) in [5.74, 6) is 0.146. The molecule has 3 rings (SSSR count). The molecule has 0 spiro atoms. The van der Waals surface area contributed by atoms with Gasteiger partial charge in [0.2, 0.25) is 11.3 Å². The zero-order chi connectivity index (χ0) is 20.5. The Morgan fingerprint density at radius 1 is 1.11 bits per heavy atom. The Morgan fingerprint density at radius 2 is 1.82 bits per heavy atom. The first-order chi connectivity index (χ1) is 13.2. The number of pyridine rings is 2. The number of nitrogens with one attached hydrogen (secondary N) is 1. The molecule has 1 N–H and O–H groups in total. The molecule has 8 heteroatoms. The smallest absolute Gasteiger partial charge is 0.416 e. The maximum Gasteiger partial charge on any atom is 0.416 e. The van der Waals surface area contributed by atoms with Gasteiger partial charge in [-0.3, -0.25) is 4.79 Å². The van der Waals surface area contributed by atoms with E-state index in [9.17, 15) is 18.0 Å². The van der Waals surface area contributed by atoms with Crippen molar-refractivity contribution < 1.29 is 17.9 Å². The van der Waals surface area contributed by atoms with Gasteiger partial charge in [0.05, 0.1) is 11.1 Å². The Bertz CT molecular complexity index is 1060. The minimum absolute atomic E-state index is 0.0125. The van der Waals surface area contributed by atoms with Crippen LogP contribution < -0.4 is 10.2 Å². The quantitative estimate of drug-likeness (QED) is 0.637. The first-order valence-electron chi connectivity index (χ1n) is 8.31. The molecule has 0 saturated carbocycles. The molecule has 146 valence electrons. The summed E-state index contributed by atoms with van der Waals surface area (Å²) >= 11 is 6.02. The van der Waals surface area contributed by atoms with Gasteiger partial charge in [-0.1, -0.05) is 29.8 Å². The van der Waals surface area contributed by atoms with Crippen molar-refractivity contribution in [3.8, 4) is 17.0 Å². The maximum absolute atomic E-state index is 13.0. The predicted octanol–water partition coefficient (Wildman–Crippen LogP) is 5.30. The van der Waals surface area contributed by atoms with Crippen LogP contribution in [0.2, 0.25) is 5.02 Å². The molecule has 4 nitrogen and oxygen atoms in total. The second-order valence-electron chi connectivity index (χ2n) is 6.22. The van der Waals surface area contributed by atoms with Gasteiger partial charge in [0.25, 0.3) is 0 Å². The fourth-order valence-electron chi connectivity index (χ4n) is 2.88. The molecule has 2 heterocycles. The number of aryl methyl sites for hydroxylation is 2. The largest absolute Gasteiger partial charge is 0.473 e. The van der Waals surface area contributed by atoms with Crippen molar-refractivity contribution in [2.45, 2.75) is 26.6 Å². The molecule has 1 aromatic carbocycles. The monoisotopic (exact) mass is 408 g/mol. The van der Waals surface area contributed by atoms with Crippen molar-refractivity contribution in [1.82, 2.24) is 9.97 Å². The number of rotatable bonds is 4. The van der Waals surface area contributed by atoms with E-state index in [0.717, 1.165) is 6.07 Å². The standard InChI is InChI=1S/C20H16ClF3N2O2/c1-11-17(19(27)18(21)12(2)26-11)13-7-8-16(25-9-13)28-10-14-5-3-4-6-15(14)20(22,23)24/h3-9H,10H2,1-2H3,(H,26,27). The average Bonchev–Trinajstić information content (AvgIpc) is 2.65. The molecule has 0 aliphatic rings. The molecule has 0 unspecified atom stereocenters. The molecule has 0 saturated heterocycles. The fraction of sp³-hybridized carbons (Fsp3) is 0.200. The minimum atomic E-state index is -4.46. The Hall–Kier alpha value is -2.80. The highest BCUT2D eigenvalue weighted by atomic mass is 35.5. The van der Waals surface area contributed by atoms with Crippen LogP contribution in [0.5, 0.6) is 5.88 Å². The molecular weight excluding hydrogens is 393 g/mol. The lowest BCUT2D eigenvalue weighted by Gasteiger charge is -2.13. The van der Waals surface area contributed by atoms with Crippen molar-refractivity contribution in [1.29, 1.82) is 0 Å². The normalized spacial score (nSPS) is 11.5. The van der Waals surface area contributed by atoms with Crippen molar-refractivity contribution in [3.63, 3.8) is 0 Å². The summed E-state index contributed by atoms with van der Waals surface area (Å²) in [6, 6.07) is 8.31. The van der Waals surface area contributed by atoms with Crippen LogP contribution in [0.15, 0.2) is 47.4 Å². The topological polar surface area (TPSA) is 55.0 Å². The SMILES string of the molecule is Cc1[nH]c(C)c(-c2ccc(OCc3ccccc3C(F)(F)F)nc2)c(=O)c1Cl. The number of alkyl halides is 3. The number of hydrogen-bond acceptors (Lipinski definition) is 3. The molecule has 3 aromatic rings. The number of H-pyrrole nitrogens is 1. The van der Waals surface area contributed by atoms with Crippen molar-refractivity contribution in [3.05, 3.63) is 80.4 Å². The van der Waals surface area contributed by atoms with E-state index in [1.54, 1.807) is 19.9 Å². The Kier molecular flexibility index (Phi) is 5.47. The number of nitrogens with zero attached hydrogens (tertiary/aromatic N) is 1. The molecule has 0 aliphatic heterocycles. The summed E-state index contributed by atoms with van der Waals surface area (Å²) in [4.78, 5) is 19.5. The van der Waals surface area contributed by atoms with Gasteiger partial charge in [-0.05, 0) is 26.0 Å². The molecule has 0 fully saturated rings. The molecule has 0 bridgehead atoms. The molecule has 0 aliphatic carbocycles. The van der Waals surface area contributed by atoms with Crippen molar-refractivity contribution in [2.24, 2.45) is 0 Å². The van der Waals surface area contributed by atoms with Crippen LogP contribution in [-0.2, 0) is 12.8 Å². The number of hydrogen-bond donors (Lipinski definition) is 1. The van der Waals surface area contributed by atoms with E-state index in [4.69, 9.17) is 16.3 Å². The van der Waals surface area contributed by atoms with E-state index in [2.05, 4.69) is 9.97 Å². The van der Waals surface area contributed by atoms with Gasteiger partial charge < -0.3 is 9.72 Å². The number of ether oxygens (including phenoxy) is 1. The fourth-order valence-corrected chi connectivity index (χ4v) is 3.03. The van der Waals surface area contributed by atoms with E-state index >= 15 is 0 Å². The third-order valence-corrected chi connectivity index (χ3v) is 4.68. The van der Waals surface area contributed by atoms with E-state index in [-0.39, 0.29) is 28.5 Å². The number of benzene rings is 1. The highest BCUT2D eigenvalue weighted by molar-refractivity contribution is 6.31. The maximum atomic E-state index is 13.0. The van der Waals surface area contributed by atoms with Crippen LogP contribution in [0.25, 0.3) is 11.1 Å². The summed E-state index contributed by atoms with van der Waals surface area (Å²) in [5.41, 5.74) is 1.08. The first-order valence-corrected chi connectivity index (χ1v) is 8.69. The van der Waals surface area contributed by atoms with Crippen LogP contribution in [0.1, 0.15) is 22.5 Å². The zero-order valence-corrected chi connectivity index (χ0v) is 15.8. The Labute approximate surface area is 164 Å². The molecule has 2 aromatic heterocycles. The number of aromatic amines is 1. The van der Waals surface area contributed by atoms with Crippen LogP contribution >= 0.6 is 11.6 Å².